The molecule has 2 rings (SSSR count). The van der Waals surface area contributed by atoms with Crippen LogP contribution in [0.15, 0.2) is 39.5 Å². The highest BCUT2D eigenvalue weighted by Gasteiger charge is 2.14. The van der Waals surface area contributed by atoms with Gasteiger partial charge in [-0.25, -0.2) is 4.98 Å². The fourth-order valence-electron chi connectivity index (χ4n) is 1.57. The maximum Gasteiger partial charge on any atom is 0.212 e. The normalized spacial score (nSPS) is 12.4. The minimum Gasteiger partial charge on any atom is -0.481 e. The molecule has 0 aliphatic rings. The lowest BCUT2D eigenvalue weighted by atomic mass is 10.1. The van der Waals surface area contributed by atoms with E-state index in [2.05, 4.69) is 20.9 Å². The molecule has 0 saturated carbocycles. The molecule has 0 bridgehead atoms. The minimum atomic E-state index is -0.186. The van der Waals surface area contributed by atoms with Crippen LogP contribution in [0.25, 0.3) is 0 Å². The van der Waals surface area contributed by atoms with Gasteiger partial charge in [0.05, 0.1) is 23.9 Å². The van der Waals surface area contributed by atoms with Crippen molar-refractivity contribution in [2.75, 3.05) is 7.11 Å². The van der Waals surface area contributed by atoms with Gasteiger partial charge < -0.3 is 14.9 Å². The zero-order valence-electron chi connectivity index (χ0n) is 9.39. The Kier molecular flexibility index (Phi) is 3.81. The molecule has 0 saturated heterocycles. The number of hydrogen-bond acceptors (Lipinski definition) is 4. The Morgan fingerprint density at radius 3 is 2.82 bits per heavy atom. The second kappa shape index (κ2) is 5.33. The molecule has 0 spiro atoms. The first-order valence-corrected chi connectivity index (χ1v) is 5.97. The standard InChI is InChI=1S/C12H13BrN2O2/c1-16-11-3-2-8(7-15-11)6-10(14)12-9(13)4-5-17-12/h2-5,7,10H,6,14H2,1H3. The van der Waals surface area contributed by atoms with Crippen molar-refractivity contribution in [2.45, 2.75) is 12.5 Å². The lowest BCUT2D eigenvalue weighted by molar-refractivity contribution is 0.397. The van der Waals surface area contributed by atoms with Crippen LogP contribution < -0.4 is 10.5 Å². The van der Waals surface area contributed by atoms with Crippen LogP contribution in [-0.2, 0) is 6.42 Å². The number of rotatable bonds is 4. The number of nitrogens with zero attached hydrogens (tertiary/aromatic N) is 1. The summed E-state index contributed by atoms with van der Waals surface area (Å²) in [6.07, 6.45) is 4.05. The Balaban J connectivity index is 2.07. The average Bonchev–Trinajstić information content (AvgIpc) is 2.76. The Bertz CT molecular complexity index is 482. The molecular weight excluding hydrogens is 284 g/mol. The molecule has 0 fully saturated rings. The molecule has 1 unspecified atom stereocenters. The van der Waals surface area contributed by atoms with Gasteiger partial charge in [-0.05, 0) is 34.0 Å². The maximum atomic E-state index is 6.06. The molecule has 90 valence electrons. The van der Waals surface area contributed by atoms with Gasteiger partial charge in [-0.15, -0.1) is 0 Å². The van der Waals surface area contributed by atoms with Gasteiger partial charge in [0.2, 0.25) is 5.88 Å². The fraction of sp³-hybridized carbons (Fsp3) is 0.250. The fourth-order valence-corrected chi connectivity index (χ4v) is 2.06. The van der Waals surface area contributed by atoms with Crippen molar-refractivity contribution < 1.29 is 9.15 Å². The quantitative estimate of drug-likeness (QED) is 0.942. The third-order valence-corrected chi connectivity index (χ3v) is 3.10. The third kappa shape index (κ3) is 2.87. The highest BCUT2D eigenvalue weighted by atomic mass is 79.9. The summed E-state index contributed by atoms with van der Waals surface area (Å²) in [4.78, 5) is 4.13. The smallest absolute Gasteiger partial charge is 0.212 e. The Labute approximate surface area is 108 Å². The summed E-state index contributed by atoms with van der Waals surface area (Å²) in [5.74, 6) is 1.35. The topological polar surface area (TPSA) is 61.3 Å². The van der Waals surface area contributed by atoms with Crippen LogP contribution in [0.1, 0.15) is 17.4 Å². The molecule has 5 heteroatoms. The molecular formula is C12H13BrN2O2. The summed E-state index contributed by atoms with van der Waals surface area (Å²) < 4.78 is 11.2. The number of furan rings is 1. The molecule has 17 heavy (non-hydrogen) atoms. The zero-order valence-corrected chi connectivity index (χ0v) is 11.0. The van der Waals surface area contributed by atoms with Crippen molar-refractivity contribution in [2.24, 2.45) is 5.73 Å². The Hall–Kier alpha value is -1.33. The number of pyridine rings is 1. The zero-order chi connectivity index (χ0) is 12.3. The highest BCUT2D eigenvalue weighted by Crippen LogP contribution is 2.25. The van der Waals surface area contributed by atoms with E-state index in [9.17, 15) is 0 Å². The van der Waals surface area contributed by atoms with E-state index < -0.39 is 0 Å². The first kappa shape index (κ1) is 12.1. The third-order valence-electron chi connectivity index (χ3n) is 2.44. The summed E-state index contributed by atoms with van der Waals surface area (Å²) >= 11 is 3.39. The first-order chi connectivity index (χ1) is 8.20. The number of methoxy groups -OCH3 is 1. The molecule has 1 atom stereocenters. The van der Waals surface area contributed by atoms with Crippen LogP contribution >= 0.6 is 15.9 Å². The second-order valence-corrected chi connectivity index (χ2v) is 4.51. The number of halogens is 1. The number of hydrogen-bond donors (Lipinski definition) is 1. The van der Waals surface area contributed by atoms with Crippen LogP contribution in [0.5, 0.6) is 5.88 Å². The van der Waals surface area contributed by atoms with Crippen LogP contribution in [0.3, 0.4) is 0 Å². The van der Waals surface area contributed by atoms with Crippen molar-refractivity contribution in [1.29, 1.82) is 0 Å². The highest BCUT2D eigenvalue weighted by molar-refractivity contribution is 9.10. The van der Waals surface area contributed by atoms with E-state index in [1.54, 1.807) is 19.6 Å². The summed E-state index contributed by atoms with van der Waals surface area (Å²) in [5.41, 5.74) is 7.10. The molecule has 0 aromatic carbocycles. The summed E-state index contributed by atoms with van der Waals surface area (Å²) in [6.45, 7) is 0. The predicted octanol–water partition coefficient (Wildman–Crippen LogP) is 2.69. The van der Waals surface area contributed by atoms with Gasteiger partial charge in [-0.2, -0.15) is 0 Å². The van der Waals surface area contributed by atoms with Gasteiger partial charge in [-0.3, -0.25) is 0 Å². The van der Waals surface area contributed by atoms with E-state index in [0.29, 0.717) is 12.3 Å². The Morgan fingerprint density at radius 2 is 2.29 bits per heavy atom. The molecule has 0 amide bonds. The van der Waals surface area contributed by atoms with E-state index in [1.807, 2.05) is 18.2 Å². The number of ether oxygens (including phenoxy) is 1. The number of aromatic nitrogens is 1. The molecule has 2 aromatic heterocycles. The van der Waals surface area contributed by atoms with Gasteiger partial charge in [0.25, 0.3) is 0 Å². The molecule has 0 aliphatic carbocycles. The lowest BCUT2D eigenvalue weighted by Crippen LogP contribution is -2.13. The summed E-state index contributed by atoms with van der Waals surface area (Å²) in [7, 11) is 1.59. The molecule has 2 N–H and O–H groups in total. The van der Waals surface area contributed by atoms with Gasteiger partial charge in [0.1, 0.15) is 5.76 Å². The van der Waals surface area contributed by atoms with Crippen molar-refractivity contribution >= 4 is 15.9 Å². The van der Waals surface area contributed by atoms with Crippen molar-refractivity contribution in [3.63, 3.8) is 0 Å². The lowest BCUT2D eigenvalue weighted by Gasteiger charge is -2.09. The summed E-state index contributed by atoms with van der Waals surface area (Å²) in [6, 6.07) is 5.41. The molecule has 2 aromatic rings. The van der Waals surface area contributed by atoms with E-state index in [0.717, 1.165) is 15.8 Å². The van der Waals surface area contributed by atoms with E-state index >= 15 is 0 Å². The monoisotopic (exact) mass is 296 g/mol. The van der Waals surface area contributed by atoms with Gasteiger partial charge in [0.15, 0.2) is 0 Å². The molecule has 0 aliphatic heterocycles. The SMILES string of the molecule is COc1ccc(CC(N)c2occc2Br)cn1. The largest absolute Gasteiger partial charge is 0.481 e. The maximum absolute atomic E-state index is 6.06. The van der Waals surface area contributed by atoms with Crippen LogP contribution in [0.2, 0.25) is 0 Å². The molecule has 4 nitrogen and oxygen atoms in total. The number of nitrogens with two attached hydrogens (primary N) is 1. The average molecular weight is 297 g/mol. The van der Waals surface area contributed by atoms with Crippen molar-refractivity contribution in [1.82, 2.24) is 4.98 Å². The van der Waals surface area contributed by atoms with Crippen LogP contribution in [0, 0.1) is 0 Å². The van der Waals surface area contributed by atoms with Crippen molar-refractivity contribution in [3.8, 4) is 5.88 Å². The van der Waals surface area contributed by atoms with Gasteiger partial charge >= 0.3 is 0 Å². The van der Waals surface area contributed by atoms with Crippen LogP contribution in [-0.4, -0.2) is 12.1 Å². The Morgan fingerprint density at radius 1 is 1.47 bits per heavy atom. The molecule has 0 radical (unpaired) electrons. The van der Waals surface area contributed by atoms with E-state index in [-0.39, 0.29) is 6.04 Å². The van der Waals surface area contributed by atoms with E-state index in [4.69, 9.17) is 14.9 Å². The second-order valence-electron chi connectivity index (χ2n) is 3.65. The van der Waals surface area contributed by atoms with Gasteiger partial charge in [0, 0.05) is 12.3 Å². The predicted molar refractivity (Wildman–Crippen MR) is 67.8 cm³/mol. The summed E-state index contributed by atoms with van der Waals surface area (Å²) in [5, 5.41) is 0. The van der Waals surface area contributed by atoms with Crippen molar-refractivity contribution in [3.05, 3.63) is 46.5 Å². The van der Waals surface area contributed by atoms with Crippen LogP contribution in [0.4, 0.5) is 0 Å². The first-order valence-electron chi connectivity index (χ1n) is 5.18. The van der Waals surface area contributed by atoms with Gasteiger partial charge in [-0.1, -0.05) is 6.07 Å². The minimum absolute atomic E-state index is 0.186. The molecule has 2 heterocycles. The van der Waals surface area contributed by atoms with E-state index in [1.165, 1.54) is 0 Å².